The van der Waals surface area contributed by atoms with Crippen molar-refractivity contribution in [1.29, 1.82) is 0 Å². The SMILES string of the molecule is CC(CCOSPF)C(=O)Oc1ccc(CO)cc1. The lowest BCUT2D eigenvalue weighted by Crippen LogP contribution is -2.19. The minimum absolute atomic E-state index is 0.0468. The standard InChI is InChI=1S/C12H16FO4PS/c1-9(6-7-16-19-18-13)12(15)17-11-4-2-10(8-14)3-5-11/h2-5,9,14,18H,6-8H2,1H3. The maximum Gasteiger partial charge on any atom is 0.314 e. The molecule has 1 N–H and O–H groups in total. The first-order valence-electron chi connectivity index (χ1n) is 5.73. The molecule has 0 aliphatic heterocycles. The van der Waals surface area contributed by atoms with Crippen LogP contribution in [-0.2, 0) is 15.6 Å². The second-order valence-electron chi connectivity index (χ2n) is 3.90. The molecule has 106 valence electrons. The van der Waals surface area contributed by atoms with Gasteiger partial charge in [-0.2, -0.15) is 0 Å². The van der Waals surface area contributed by atoms with E-state index in [0.29, 0.717) is 18.8 Å². The van der Waals surface area contributed by atoms with Gasteiger partial charge in [-0.05, 0) is 24.1 Å². The first kappa shape index (κ1) is 16.4. The van der Waals surface area contributed by atoms with Gasteiger partial charge in [0.2, 0.25) is 0 Å². The normalized spacial score (nSPS) is 12.8. The van der Waals surface area contributed by atoms with E-state index in [1.165, 1.54) is 0 Å². The molecule has 1 aromatic carbocycles. The van der Waals surface area contributed by atoms with Gasteiger partial charge < -0.3 is 14.0 Å². The number of benzene rings is 1. The maximum absolute atomic E-state index is 11.8. The largest absolute Gasteiger partial charge is 0.426 e. The first-order valence-corrected chi connectivity index (χ1v) is 8.07. The second kappa shape index (κ2) is 9.26. The van der Waals surface area contributed by atoms with E-state index >= 15 is 0 Å². The quantitative estimate of drug-likeness (QED) is 0.263. The van der Waals surface area contributed by atoms with Crippen LogP contribution in [0.1, 0.15) is 18.9 Å². The molecule has 19 heavy (non-hydrogen) atoms. The molecule has 7 heteroatoms. The number of aliphatic hydroxyl groups is 1. The molecular formula is C12H16FO4PS. The van der Waals surface area contributed by atoms with Crippen LogP contribution in [0.3, 0.4) is 0 Å². The van der Waals surface area contributed by atoms with Crippen molar-refractivity contribution in [2.45, 2.75) is 20.0 Å². The fraction of sp³-hybridized carbons (Fsp3) is 0.417. The molecular weight excluding hydrogens is 290 g/mol. The Bertz CT molecular complexity index is 388. The summed E-state index contributed by atoms with van der Waals surface area (Å²) in [5.74, 6) is -0.233. The monoisotopic (exact) mass is 306 g/mol. The van der Waals surface area contributed by atoms with E-state index in [0.717, 1.165) is 17.2 Å². The predicted octanol–water partition coefficient (Wildman–Crippen LogP) is 3.25. The van der Waals surface area contributed by atoms with Gasteiger partial charge in [-0.1, -0.05) is 19.1 Å². The Morgan fingerprint density at radius 3 is 2.74 bits per heavy atom. The van der Waals surface area contributed by atoms with Crippen molar-refractivity contribution < 1.29 is 23.0 Å². The number of hydrogen-bond donors (Lipinski definition) is 1. The van der Waals surface area contributed by atoms with E-state index in [1.54, 1.807) is 31.2 Å². The summed E-state index contributed by atoms with van der Waals surface area (Å²) in [5, 5.41) is 8.89. The smallest absolute Gasteiger partial charge is 0.314 e. The van der Waals surface area contributed by atoms with Crippen molar-refractivity contribution in [2.24, 2.45) is 5.92 Å². The molecule has 0 aromatic heterocycles. The van der Waals surface area contributed by atoms with E-state index in [9.17, 15) is 8.99 Å². The third-order valence-electron chi connectivity index (χ3n) is 2.45. The third-order valence-corrected chi connectivity index (χ3v) is 3.34. The summed E-state index contributed by atoms with van der Waals surface area (Å²) >= 11 is 0.755. The number of hydrogen-bond acceptors (Lipinski definition) is 5. The van der Waals surface area contributed by atoms with Crippen LogP contribution >= 0.6 is 19.8 Å². The Morgan fingerprint density at radius 2 is 2.16 bits per heavy atom. The van der Waals surface area contributed by atoms with Crippen molar-refractivity contribution in [3.8, 4) is 5.75 Å². The highest BCUT2D eigenvalue weighted by atomic mass is 32.7. The molecule has 1 aromatic rings. The molecule has 2 unspecified atom stereocenters. The molecule has 4 nitrogen and oxygen atoms in total. The molecule has 0 spiro atoms. The zero-order chi connectivity index (χ0) is 14.1. The highest BCUT2D eigenvalue weighted by Crippen LogP contribution is 2.31. The fourth-order valence-electron chi connectivity index (χ4n) is 1.29. The summed E-state index contributed by atoms with van der Waals surface area (Å²) < 4.78 is 21.9. The fourth-order valence-corrected chi connectivity index (χ4v) is 1.89. The van der Waals surface area contributed by atoms with E-state index < -0.39 is 8.09 Å². The molecule has 1 rings (SSSR count). The van der Waals surface area contributed by atoms with Crippen LogP contribution in [0.4, 0.5) is 4.20 Å². The van der Waals surface area contributed by atoms with Gasteiger partial charge in [-0.3, -0.25) is 4.79 Å². The van der Waals surface area contributed by atoms with E-state index in [4.69, 9.17) is 14.0 Å². The van der Waals surface area contributed by atoms with Crippen molar-refractivity contribution >= 4 is 25.7 Å². The molecule has 0 fully saturated rings. The molecule has 0 saturated carbocycles. The second-order valence-corrected chi connectivity index (χ2v) is 5.41. The number of ether oxygens (including phenoxy) is 1. The molecule has 0 aliphatic rings. The van der Waals surface area contributed by atoms with Crippen molar-refractivity contribution in [1.82, 2.24) is 0 Å². The van der Waals surface area contributed by atoms with E-state index in [-0.39, 0.29) is 18.5 Å². The van der Waals surface area contributed by atoms with Gasteiger partial charge in [0, 0.05) is 0 Å². The zero-order valence-corrected chi connectivity index (χ0v) is 12.3. The lowest BCUT2D eigenvalue weighted by Gasteiger charge is -2.10. The first-order chi connectivity index (χ1) is 9.17. The predicted molar refractivity (Wildman–Crippen MR) is 74.7 cm³/mol. The summed E-state index contributed by atoms with van der Waals surface area (Å²) in [4.78, 5) is 11.7. The third kappa shape index (κ3) is 6.34. The van der Waals surface area contributed by atoms with Crippen LogP contribution in [-0.4, -0.2) is 17.7 Å². The van der Waals surface area contributed by atoms with Gasteiger partial charge in [0.05, 0.1) is 30.8 Å². The molecule has 2 atom stereocenters. The molecule has 0 amide bonds. The van der Waals surface area contributed by atoms with Gasteiger partial charge in [-0.25, -0.2) is 4.20 Å². The summed E-state index contributed by atoms with van der Waals surface area (Å²) in [6.45, 7) is 1.99. The zero-order valence-electron chi connectivity index (χ0n) is 10.5. The number of aliphatic hydroxyl groups excluding tert-OH is 1. The topological polar surface area (TPSA) is 55.8 Å². The molecule has 0 heterocycles. The average molecular weight is 306 g/mol. The lowest BCUT2D eigenvalue weighted by atomic mass is 10.1. The van der Waals surface area contributed by atoms with Crippen molar-refractivity contribution in [3.63, 3.8) is 0 Å². The summed E-state index contributed by atoms with van der Waals surface area (Å²) in [6.07, 6.45) is 0.477. The van der Waals surface area contributed by atoms with E-state index in [1.807, 2.05) is 0 Å². The summed E-state index contributed by atoms with van der Waals surface area (Å²) in [6, 6.07) is 6.64. The Hall–Kier alpha value is -0.680. The Labute approximate surface area is 117 Å². The summed E-state index contributed by atoms with van der Waals surface area (Å²) in [5.41, 5.74) is 0.755. The highest BCUT2D eigenvalue weighted by Gasteiger charge is 2.15. The minimum atomic E-state index is -0.810. The van der Waals surface area contributed by atoms with Crippen LogP contribution < -0.4 is 4.74 Å². The van der Waals surface area contributed by atoms with Gasteiger partial charge in [0.1, 0.15) is 5.75 Å². The highest BCUT2D eigenvalue weighted by molar-refractivity contribution is 8.45. The minimum Gasteiger partial charge on any atom is -0.426 e. The van der Waals surface area contributed by atoms with Crippen LogP contribution in [0, 0.1) is 5.92 Å². The Morgan fingerprint density at radius 1 is 1.47 bits per heavy atom. The van der Waals surface area contributed by atoms with Gasteiger partial charge in [0.25, 0.3) is 0 Å². The maximum atomic E-state index is 11.8. The molecule has 0 bridgehead atoms. The Kier molecular flexibility index (Phi) is 7.98. The Balaban J connectivity index is 2.36. The number of rotatable bonds is 8. The average Bonchev–Trinajstić information content (AvgIpc) is 2.44. The lowest BCUT2D eigenvalue weighted by molar-refractivity contribution is -0.138. The van der Waals surface area contributed by atoms with Crippen LogP contribution in [0.15, 0.2) is 24.3 Å². The van der Waals surface area contributed by atoms with Crippen molar-refractivity contribution in [3.05, 3.63) is 29.8 Å². The van der Waals surface area contributed by atoms with Gasteiger partial charge in [-0.15, -0.1) is 0 Å². The van der Waals surface area contributed by atoms with Crippen LogP contribution in [0.5, 0.6) is 5.75 Å². The van der Waals surface area contributed by atoms with Crippen LogP contribution in [0.2, 0.25) is 0 Å². The molecule has 0 saturated heterocycles. The number of halogens is 1. The number of carbonyl (C=O) groups is 1. The van der Waals surface area contributed by atoms with Gasteiger partial charge >= 0.3 is 5.97 Å². The molecule has 0 aliphatic carbocycles. The number of esters is 1. The summed E-state index contributed by atoms with van der Waals surface area (Å²) in [7, 11) is -0.810. The van der Waals surface area contributed by atoms with Crippen molar-refractivity contribution in [2.75, 3.05) is 6.61 Å². The van der Waals surface area contributed by atoms with Crippen LogP contribution in [0.25, 0.3) is 0 Å². The van der Waals surface area contributed by atoms with E-state index in [2.05, 4.69) is 0 Å². The number of carbonyl (C=O) groups excluding carboxylic acids is 1. The molecule has 0 radical (unpaired) electrons. The van der Waals surface area contributed by atoms with Gasteiger partial charge in [0.15, 0.2) is 8.09 Å².